The van der Waals surface area contributed by atoms with Gasteiger partial charge in [-0.15, -0.1) is 10.2 Å². The van der Waals surface area contributed by atoms with Crippen LogP contribution < -0.4 is 5.73 Å². The van der Waals surface area contributed by atoms with E-state index >= 15 is 0 Å². The van der Waals surface area contributed by atoms with Gasteiger partial charge in [0.1, 0.15) is 0 Å². The number of nitrogen functional groups attached to an aromatic ring is 1. The number of nitrogens with two attached hydrogens (primary N) is 1. The van der Waals surface area contributed by atoms with Crippen LogP contribution in [0.1, 0.15) is 30.9 Å². The molecule has 3 N–H and O–H groups in total. The van der Waals surface area contributed by atoms with E-state index in [1.165, 1.54) is 5.56 Å². The number of carbonyl (C=O) groups is 1. The topological polar surface area (TPSA) is 94.0 Å². The Labute approximate surface area is 127 Å². The fourth-order valence-corrected chi connectivity index (χ4v) is 2.54. The predicted octanol–water partition coefficient (Wildman–Crippen LogP) is 2.21. The Morgan fingerprint density at radius 3 is 2.57 bits per heavy atom. The smallest absolute Gasteiger partial charge is 0.313 e. The van der Waals surface area contributed by atoms with Gasteiger partial charge in [-0.25, -0.2) is 0 Å². The number of thioether (sulfide) groups is 1. The first-order valence-electron chi connectivity index (χ1n) is 6.59. The molecule has 0 aliphatic carbocycles. The largest absolute Gasteiger partial charge is 0.481 e. The fourth-order valence-electron chi connectivity index (χ4n) is 1.87. The summed E-state index contributed by atoms with van der Waals surface area (Å²) in [5, 5.41) is 17.0. The zero-order valence-electron chi connectivity index (χ0n) is 12.0. The van der Waals surface area contributed by atoms with Crippen molar-refractivity contribution in [3.05, 3.63) is 35.4 Å². The van der Waals surface area contributed by atoms with Gasteiger partial charge in [-0.1, -0.05) is 49.9 Å². The Morgan fingerprint density at radius 1 is 1.33 bits per heavy atom. The van der Waals surface area contributed by atoms with Crippen LogP contribution in [0.5, 0.6) is 0 Å². The lowest BCUT2D eigenvalue weighted by atomic mass is 10.0. The molecule has 112 valence electrons. The van der Waals surface area contributed by atoms with Crippen molar-refractivity contribution >= 4 is 23.7 Å². The molecule has 2 aromatic rings. The summed E-state index contributed by atoms with van der Waals surface area (Å²) in [5.74, 6) is -0.185. The van der Waals surface area contributed by atoms with Crippen molar-refractivity contribution < 1.29 is 9.90 Å². The highest BCUT2D eigenvalue weighted by atomic mass is 32.2. The molecule has 7 heteroatoms. The first-order valence-corrected chi connectivity index (χ1v) is 7.58. The third-order valence-corrected chi connectivity index (χ3v) is 4.01. The van der Waals surface area contributed by atoms with E-state index in [0.717, 1.165) is 17.3 Å². The number of hydrogen-bond donors (Lipinski definition) is 2. The van der Waals surface area contributed by atoms with Gasteiger partial charge >= 0.3 is 5.97 Å². The number of carboxylic acids is 1. The number of hydrogen-bond acceptors (Lipinski definition) is 5. The third-order valence-electron chi connectivity index (χ3n) is 3.06. The molecule has 0 aliphatic heterocycles. The Morgan fingerprint density at radius 2 is 2.00 bits per heavy atom. The van der Waals surface area contributed by atoms with Crippen molar-refractivity contribution in [1.82, 2.24) is 14.8 Å². The van der Waals surface area contributed by atoms with Crippen LogP contribution in [0.15, 0.2) is 29.4 Å². The monoisotopic (exact) mass is 306 g/mol. The van der Waals surface area contributed by atoms with Gasteiger partial charge in [-0.2, -0.15) is 0 Å². The van der Waals surface area contributed by atoms with Gasteiger partial charge in [0.15, 0.2) is 5.16 Å². The zero-order chi connectivity index (χ0) is 15.4. The Bertz CT molecular complexity index is 622. The molecule has 0 unspecified atom stereocenters. The van der Waals surface area contributed by atoms with Gasteiger partial charge in [0, 0.05) is 0 Å². The van der Waals surface area contributed by atoms with E-state index in [9.17, 15) is 4.79 Å². The minimum Gasteiger partial charge on any atom is -0.481 e. The van der Waals surface area contributed by atoms with E-state index in [-0.39, 0.29) is 11.7 Å². The molecule has 1 aromatic carbocycles. The molecule has 0 atom stereocenters. The van der Waals surface area contributed by atoms with Crippen LogP contribution in [-0.2, 0) is 11.3 Å². The molecule has 1 aromatic heterocycles. The Kier molecular flexibility index (Phi) is 4.85. The fraction of sp³-hybridized carbons (Fsp3) is 0.357. The maximum atomic E-state index is 10.6. The van der Waals surface area contributed by atoms with Crippen LogP contribution >= 0.6 is 11.8 Å². The molecule has 0 aliphatic rings. The van der Waals surface area contributed by atoms with Crippen molar-refractivity contribution in [3.8, 4) is 0 Å². The van der Waals surface area contributed by atoms with Crippen LogP contribution in [0.3, 0.4) is 0 Å². The van der Waals surface area contributed by atoms with Crippen LogP contribution in [0, 0.1) is 0 Å². The number of benzene rings is 1. The van der Waals surface area contributed by atoms with E-state index in [2.05, 4.69) is 36.2 Å². The van der Waals surface area contributed by atoms with E-state index in [0.29, 0.717) is 17.6 Å². The van der Waals surface area contributed by atoms with E-state index in [1.807, 2.05) is 12.1 Å². The highest BCUT2D eigenvalue weighted by molar-refractivity contribution is 7.99. The standard InChI is InChI=1S/C14H18N4O2S/c1-9(2)11-5-3-10(4-6-11)7-18-13(15)16-17-14(18)21-8-12(19)20/h3-6,9H,7-8H2,1-2H3,(H2,15,16)(H,19,20). The summed E-state index contributed by atoms with van der Waals surface area (Å²) < 4.78 is 1.72. The lowest BCUT2D eigenvalue weighted by Crippen LogP contribution is -2.07. The van der Waals surface area contributed by atoms with Gasteiger partial charge in [-0.3, -0.25) is 9.36 Å². The molecule has 21 heavy (non-hydrogen) atoms. The Hall–Kier alpha value is -2.02. The lowest BCUT2D eigenvalue weighted by Gasteiger charge is -2.09. The Balaban J connectivity index is 2.15. The van der Waals surface area contributed by atoms with Crippen molar-refractivity contribution in [2.75, 3.05) is 11.5 Å². The van der Waals surface area contributed by atoms with Crippen LogP contribution in [0.25, 0.3) is 0 Å². The first kappa shape index (κ1) is 15.4. The number of anilines is 1. The van der Waals surface area contributed by atoms with Gasteiger partial charge in [-0.05, 0) is 17.0 Å². The van der Waals surface area contributed by atoms with E-state index in [4.69, 9.17) is 10.8 Å². The van der Waals surface area contributed by atoms with Gasteiger partial charge in [0.25, 0.3) is 0 Å². The molecule has 6 nitrogen and oxygen atoms in total. The summed E-state index contributed by atoms with van der Waals surface area (Å²) in [6, 6.07) is 8.26. The highest BCUT2D eigenvalue weighted by Gasteiger charge is 2.12. The van der Waals surface area contributed by atoms with Gasteiger partial charge in [0.05, 0.1) is 12.3 Å². The molecule has 0 saturated heterocycles. The second-order valence-corrected chi connectivity index (χ2v) is 5.95. The molecule has 0 bridgehead atoms. The predicted molar refractivity (Wildman–Crippen MR) is 82.4 cm³/mol. The SMILES string of the molecule is CC(C)c1ccc(Cn2c(N)nnc2SCC(=O)O)cc1. The van der Waals surface area contributed by atoms with E-state index < -0.39 is 5.97 Å². The molecule has 0 amide bonds. The molecular formula is C14H18N4O2S. The first-order chi connectivity index (χ1) is 9.97. The van der Waals surface area contributed by atoms with Crippen molar-refractivity contribution in [2.24, 2.45) is 0 Å². The lowest BCUT2D eigenvalue weighted by molar-refractivity contribution is -0.133. The average molecular weight is 306 g/mol. The minimum atomic E-state index is -0.894. The highest BCUT2D eigenvalue weighted by Crippen LogP contribution is 2.21. The summed E-state index contributed by atoms with van der Waals surface area (Å²) in [7, 11) is 0. The number of aromatic nitrogens is 3. The average Bonchev–Trinajstić information content (AvgIpc) is 2.78. The second kappa shape index (κ2) is 6.62. The van der Waals surface area contributed by atoms with Crippen molar-refractivity contribution in [2.45, 2.75) is 31.5 Å². The summed E-state index contributed by atoms with van der Waals surface area (Å²) in [6.07, 6.45) is 0. The quantitative estimate of drug-likeness (QED) is 0.795. The number of rotatable bonds is 6. The molecule has 2 rings (SSSR count). The van der Waals surface area contributed by atoms with Crippen LogP contribution in [-0.4, -0.2) is 31.6 Å². The molecule has 0 saturated carbocycles. The summed E-state index contributed by atoms with van der Waals surface area (Å²) in [5.41, 5.74) is 8.15. The third kappa shape index (κ3) is 3.98. The van der Waals surface area contributed by atoms with Gasteiger partial charge in [0.2, 0.25) is 5.95 Å². The zero-order valence-corrected chi connectivity index (χ0v) is 12.8. The minimum absolute atomic E-state index is 0.0651. The van der Waals surface area contributed by atoms with Crippen molar-refractivity contribution in [1.29, 1.82) is 0 Å². The maximum Gasteiger partial charge on any atom is 0.313 e. The molecule has 1 heterocycles. The number of carboxylic acid groups (broad SMARTS) is 1. The second-order valence-electron chi connectivity index (χ2n) is 5.01. The summed E-state index contributed by atoms with van der Waals surface area (Å²) in [4.78, 5) is 10.6. The van der Waals surface area contributed by atoms with Crippen molar-refractivity contribution in [3.63, 3.8) is 0 Å². The maximum absolute atomic E-state index is 10.6. The van der Waals surface area contributed by atoms with E-state index in [1.54, 1.807) is 4.57 Å². The normalized spacial score (nSPS) is 11.0. The molecular weight excluding hydrogens is 288 g/mol. The molecule has 0 radical (unpaired) electrons. The molecule has 0 fully saturated rings. The van der Waals surface area contributed by atoms with Crippen LogP contribution in [0.4, 0.5) is 5.95 Å². The number of aliphatic carboxylic acids is 1. The number of nitrogens with zero attached hydrogens (tertiary/aromatic N) is 3. The molecule has 0 spiro atoms. The van der Waals surface area contributed by atoms with Crippen LogP contribution in [0.2, 0.25) is 0 Å². The summed E-state index contributed by atoms with van der Waals surface area (Å²) in [6.45, 7) is 4.82. The summed E-state index contributed by atoms with van der Waals surface area (Å²) >= 11 is 1.11. The van der Waals surface area contributed by atoms with Gasteiger partial charge < -0.3 is 10.8 Å².